The first-order valence-corrected chi connectivity index (χ1v) is 8.97. The minimum atomic E-state index is -0.0266. The molecule has 1 N–H and O–H groups in total. The number of anilines is 1. The lowest BCUT2D eigenvalue weighted by atomic mass is 10.2. The molecule has 2 aromatic rings. The Balaban J connectivity index is 1.35. The minimum Gasteiger partial charge on any atom is -0.492 e. The van der Waals surface area contributed by atoms with Crippen LogP contribution in [0, 0.1) is 6.92 Å². The quantitative estimate of drug-likeness (QED) is 0.845. The van der Waals surface area contributed by atoms with Crippen LogP contribution in [0.5, 0.6) is 5.75 Å². The Bertz CT molecular complexity index is 637. The summed E-state index contributed by atoms with van der Waals surface area (Å²) in [5.74, 6) is 0.826. The molecule has 24 heavy (non-hydrogen) atoms. The number of hydrogen-bond donors (Lipinski definition) is 1. The molecule has 2 amide bonds. The predicted molar refractivity (Wildman–Crippen MR) is 96.0 cm³/mol. The molecule has 0 radical (unpaired) electrons. The zero-order valence-corrected chi connectivity index (χ0v) is 14.6. The fourth-order valence-electron chi connectivity index (χ4n) is 2.55. The molecule has 128 valence electrons. The summed E-state index contributed by atoms with van der Waals surface area (Å²) in [6.45, 7) is 6.07. The molecule has 0 bridgehead atoms. The Hall–Kier alpha value is -2.28. The van der Waals surface area contributed by atoms with Crippen LogP contribution in [0.1, 0.15) is 5.56 Å². The molecule has 1 aromatic heterocycles. The standard InChI is InChI=1S/C17H22N4O2S/c1-14-2-4-15(5-3-14)23-12-6-18-16(22)20-8-10-21(11-9-20)17-19-7-13-24-17/h2-5,7,13H,6,8-12H2,1H3,(H,18,22). The lowest BCUT2D eigenvalue weighted by molar-refractivity contribution is 0.191. The van der Waals surface area contributed by atoms with E-state index in [4.69, 9.17) is 4.74 Å². The van der Waals surface area contributed by atoms with Gasteiger partial charge in [0.1, 0.15) is 12.4 Å². The van der Waals surface area contributed by atoms with Crippen molar-refractivity contribution in [2.45, 2.75) is 6.92 Å². The van der Waals surface area contributed by atoms with Gasteiger partial charge in [0.15, 0.2) is 5.13 Å². The summed E-state index contributed by atoms with van der Waals surface area (Å²) in [6, 6.07) is 7.87. The van der Waals surface area contributed by atoms with Crippen molar-refractivity contribution in [3.05, 3.63) is 41.4 Å². The summed E-state index contributed by atoms with van der Waals surface area (Å²) in [6.07, 6.45) is 1.81. The van der Waals surface area contributed by atoms with Crippen molar-refractivity contribution < 1.29 is 9.53 Å². The van der Waals surface area contributed by atoms with E-state index < -0.39 is 0 Å². The smallest absolute Gasteiger partial charge is 0.317 e. The van der Waals surface area contributed by atoms with Gasteiger partial charge in [-0.2, -0.15) is 0 Å². The van der Waals surface area contributed by atoms with Crippen LogP contribution in [-0.2, 0) is 0 Å². The second kappa shape index (κ2) is 8.01. The van der Waals surface area contributed by atoms with Crippen LogP contribution in [0.25, 0.3) is 0 Å². The summed E-state index contributed by atoms with van der Waals surface area (Å²) in [7, 11) is 0. The van der Waals surface area contributed by atoms with Crippen LogP contribution in [-0.4, -0.2) is 55.2 Å². The van der Waals surface area contributed by atoms with Gasteiger partial charge in [0, 0.05) is 37.8 Å². The van der Waals surface area contributed by atoms with Crippen LogP contribution >= 0.6 is 11.3 Å². The van der Waals surface area contributed by atoms with Crippen molar-refractivity contribution in [3.63, 3.8) is 0 Å². The van der Waals surface area contributed by atoms with Crippen molar-refractivity contribution >= 4 is 22.5 Å². The van der Waals surface area contributed by atoms with Gasteiger partial charge in [-0.1, -0.05) is 17.7 Å². The van der Waals surface area contributed by atoms with Gasteiger partial charge in [-0.25, -0.2) is 9.78 Å². The monoisotopic (exact) mass is 346 g/mol. The number of piperazine rings is 1. The zero-order chi connectivity index (χ0) is 16.8. The van der Waals surface area contributed by atoms with E-state index in [2.05, 4.69) is 15.2 Å². The number of carbonyl (C=O) groups is 1. The van der Waals surface area contributed by atoms with E-state index in [1.165, 1.54) is 5.56 Å². The summed E-state index contributed by atoms with van der Waals surface area (Å²) in [5, 5.41) is 5.92. The van der Waals surface area contributed by atoms with Gasteiger partial charge in [-0.15, -0.1) is 11.3 Å². The molecule has 0 aliphatic carbocycles. The topological polar surface area (TPSA) is 57.7 Å². The van der Waals surface area contributed by atoms with Gasteiger partial charge in [-0.3, -0.25) is 0 Å². The Morgan fingerprint density at radius 1 is 1.25 bits per heavy atom. The Morgan fingerprint density at radius 3 is 2.67 bits per heavy atom. The van der Waals surface area contributed by atoms with Crippen molar-refractivity contribution in [2.24, 2.45) is 0 Å². The number of thiazole rings is 1. The molecule has 1 aromatic carbocycles. The lowest BCUT2D eigenvalue weighted by Crippen LogP contribution is -2.52. The SMILES string of the molecule is Cc1ccc(OCCNC(=O)N2CCN(c3nccs3)CC2)cc1. The predicted octanol–water partition coefficient (Wildman–Crippen LogP) is 2.36. The number of carbonyl (C=O) groups excluding carboxylic acids is 1. The fourth-order valence-corrected chi connectivity index (χ4v) is 3.24. The highest BCUT2D eigenvalue weighted by Crippen LogP contribution is 2.18. The summed E-state index contributed by atoms with van der Waals surface area (Å²) >= 11 is 1.63. The normalized spacial score (nSPS) is 14.5. The first-order chi connectivity index (χ1) is 11.7. The number of urea groups is 1. The van der Waals surface area contributed by atoms with E-state index in [9.17, 15) is 4.79 Å². The van der Waals surface area contributed by atoms with Crippen LogP contribution in [0.3, 0.4) is 0 Å². The van der Waals surface area contributed by atoms with Gasteiger partial charge in [0.2, 0.25) is 0 Å². The number of benzene rings is 1. The summed E-state index contributed by atoms with van der Waals surface area (Å²) < 4.78 is 5.62. The minimum absolute atomic E-state index is 0.0266. The number of amides is 2. The molecule has 1 aliphatic rings. The molecule has 0 saturated carbocycles. The van der Waals surface area contributed by atoms with Gasteiger partial charge in [0.05, 0.1) is 6.54 Å². The van der Waals surface area contributed by atoms with E-state index in [0.717, 1.165) is 24.0 Å². The Morgan fingerprint density at radius 2 is 2.00 bits per heavy atom. The number of aromatic nitrogens is 1. The van der Waals surface area contributed by atoms with E-state index in [0.29, 0.717) is 26.2 Å². The van der Waals surface area contributed by atoms with Crippen molar-refractivity contribution in [2.75, 3.05) is 44.2 Å². The third-order valence-corrected chi connectivity index (χ3v) is 4.76. The highest BCUT2D eigenvalue weighted by molar-refractivity contribution is 7.13. The van der Waals surface area contributed by atoms with Crippen molar-refractivity contribution in [1.29, 1.82) is 0 Å². The van der Waals surface area contributed by atoms with Crippen LogP contribution in [0.15, 0.2) is 35.8 Å². The maximum Gasteiger partial charge on any atom is 0.317 e. The molecule has 2 heterocycles. The van der Waals surface area contributed by atoms with Crippen LogP contribution < -0.4 is 15.0 Å². The zero-order valence-electron chi connectivity index (χ0n) is 13.8. The average molecular weight is 346 g/mol. The number of rotatable bonds is 5. The lowest BCUT2D eigenvalue weighted by Gasteiger charge is -2.34. The average Bonchev–Trinajstić information content (AvgIpc) is 3.15. The van der Waals surface area contributed by atoms with Crippen LogP contribution in [0.2, 0.25) is 0 Å². The van der Waals surface area contributed by atoms with E-state index in [-0.39, 0.29) is 6.03 Å². The van der Waals surface area contributed by atoms with Crippen molar-refractivity contribution in [1.82, 2.24) is 15.2 Å². The molecule has 0 spiro atoms. The van der Waals surface area contributed by atoms with Gasteiger partial charge in [0.25, 0.3) is 0 Å². The molecular formula is C17H22N4O2S. The highest BCUT2D eigenvalue weighted by atomic mass is 32.1. The number of hydrogen-bond acceptors (Lipinski definition) is 5. The molecule has 1 fully saturated rings. The van der Waals surface area contributed by atoms with Crippen molar-refractivity contribution in [3.8, 4) is 5.75 Å². The number of ether oxygens (including phenoxy) is 1. The first kappa shape index (κ1) is 16.6. The van der Waals surface area contributed by atoms with E-state index >= 15 is 0 Å². The molecule has 1 aliphatic heterocycles. The second-order valence-electron chi connectivity index (χ2n) is 5.68. The molecular weight excluding hydrogens is 324 g/mol. The number of nitrogens with zero attached hydrogens (tertiary/aromatic N) is 3. The molecule has 6 nitrogen and oxygen atoms in total. The third-order valence-electron chi connectivity index (χ3n) is 3.92. The highest BCUT2D eigenvalue weighted by Gasteiger charge is 2.21. The van der Waals surface area contributed by atoms with E-state index in [1.807, 2.05) is 47.7 Å². The Labute approximate surface area is 146 Å². The summed E-state index contributed by atoms with van der Waals surface area (Å²) in [5.41, 5.74) is 1.20. The summed E-state index contributed by atoms with van der Waals surface area (Å²) in [4.78, 5) is 20.5. The molecule has 3 rings (SSSR count). The molecule has 1 saturated heterocycles. The number of nitrogens with one attached hydrogen (secondary N) is 1. The van der Waals surface area contributed by atoms with E-state index in [1.54, 1.807) is 11.3 Å². The Kier molecular flexibility index (Phi) is 5.53. The fraction of sp³-hybridized carbons (Fsp3) is 0.412. The number of aryl methyl sites for hydroxylation is 1. The third kappa shape index (κ3) is 4.38. The van der Waals surface area contributed by atoms with Gasteiger partial charge < -0.3 is 19.9 Å². The van der Waals surface area contributed by atoms with Gasteiger partial charge in [-0.05, 0) is 19.1 Å². The molecule has 0 atom stereocenters. The molecule has 7 heteroatoms. The maximum absolute atomic E-state index is 12.2. The van der Waals surface area contributed by atoms with Crippen LogP contribution in [0.4, 0.5) is 9.93 Å². The van der Waals surface area contributed by atoms with Gasteiger partial charge >= 0.3 is 6.03 Å². The maximum atomic E-state index is 12.2. The second-order valence-corrected chi connectivity index (χ2v) is 6.56. The largest absolute Gasteiger partial charge is 0.492 e. The first-order valence-electron chi connectivity index (χ1n) is 8.09. The molecule has 0 unspecified atom stereocenters.